The van der Waals surface area contributed by atoms with Crippen LogP contribution in [-0.4, -0.2) is 28.3 Å². The van der Waals surface area contributed by atoms with Gasteiger partial charge in [0.25, 0.3) is 0 Å². The van der Waals surface area contributed by atoms with Gasteiger partial charge in [-0.1, -0.05) is 18.2 Å². The van der Waals surface area contributed by atoms with Crippen molar-refractivity contribution >= 4 is 34.0 Å². The number of ketones is 1. The number of para-hydroxylation sites is 1. The topological polar surface area (TPSA) is 106 Å². The molecule has 0 spiro atoms. The second kappa shape index (κ2) is 8.27. The number of carbonyl (C=O) groups is 2. The van der Waals surface area contributed by atoms with Gasteiger partial charge < -0.3 is 9.15 Å². The number of ether oxygens (including phenoxy) is 1. The summed E-state index contributed by atoms with van der Waals surface area (Å²) in [6.45, 7) is 1.26. The Labute approximate surface area is 175 Å². The molecule has 0 radical (unpaired) electrons. The fraction of sp³-hybridized carbons (Fsp3) is 0.136. The van der Waals surface area contributed by atoms with Gasteiger partial charge in [-0.25, -0.2) is 14.8 Å². The van der Waals surface area contributed by atoms with Crippen molar-refractivity contribution in [2.45, 2.75) is 12.8 Å². The minimum absolute atomic E-state index is 0.262. The Balaban J connectivity index is 1.59. The molecule has 148 valence electrons. The zero-order valence-electron chi connectivity index (χ0n) is 15.9. The lowest BCUT2D eigenvalue weighted by Gasteiger charge is -2.10. The summed E-state index contributed by atoms with van der Waals surface area (Å²) >= 11 is 1.23. The molecule has 0 amide bonds. The summed E-state index contributed by atoms with van der Waals surface area (Å²) in [7, 11) is 0. The van der Waals surface area contributed by atoms with Gasteiger partial charge >= 0.3 is 5.97 Å². The second-order valence-corrected chi connectivity index (χ2v) is 7.37. The molecule has 0 N–H and O–H groups in total. The van der Waals surface area contributed by atoms with Gasteiger partial charge in [0.15, 0.2) is 24.1 Å². The van der Waals surface area contributed by atoms with E-state index in [0.29, 0.717) is 27.4 Å². The van der Waals surface area contributed by atoms with Crippen LogP contribution in [0.25, 0.3) is 22.4 Å². The molecule has 0 bridgehead atoms. The van der Waals surface area contributed by atoms with Gasteiger partial charge in [-0.15, -0.1) is 11.3 Å². The Hall–Kier alpha value is -3.83. The monoisotopic (exact) mass is 417 g/mol. The van der Waals surface area contributed by atoms with Gasteiger partial charge in [-0.3, -0.25) is 4.79 Å². The van der Waals surface area contributed by atoms with Gasteiger partial charge in [0.2, 0.25) is 0 Å². The van der Waals surface area contributed by atoms with Crippen molar-refractivity contribution in [3.63, 3.8) is 0 Å². The number of nitriles is 1. The average Bonchev–Trinajstić information content (AvgIpc) is 3.44. The first-order valence-corrected chi connectivity index (χ1v) is 9.90. The van der Waals surface area contributed by atoms with Crippen LogP contribution in [0.5, 0.6) is 0 Å². The van der Waals surface area contributed by atoms with Crippen LogP contribution in [0.1, 0.15) is 27.0 Å². The van der Waals surface area contributed by atoms with Crippen molar-refractivity contribution in [1.82, 2.24) is 9.97 Å². The van der Waals surface area contributed by atoms with Gasteiger partial charge in [-0.05, 0) is 31.2 Å². The maximum absolute atomic E-state index is 12.8. The predicted molar refractivity (Wildman–Crippen MR) is 110 cm³/mol. The number of carbonyl (C=O) groups excluding carboxylic acids is 2. The Kier molecular flexibility index (Phi) is 5.37. The Bertz CT molecular complexity index is 1270. The Morgan fingerprint density at radius 2 is 2.07 bits per heavy atom. The molecule has 3 heterocycles. The van der Waals surface area contributed by atoms with E-state index in [4.69, 9.17) is 9.15 Å². The third-order valence-electron chi connectivity index (χ3n) is 4.39. The quantitative estimate of drug-likeness (QED) is 0.431. The number of pyridine rings is 1. The van der Waals surface area contributed by atoms with Gasteiger partial charge in [0.05, 0.1) is 23.4 Å². The van der Waals surface area contributed by atoms with Gasteiger partial charge in [-0.2, -0.15) is 5.26 Å². The molecule has 30 heavy (non-hydrogen) atoms. The molecule has 3 aromatic heterocycles. The number of hydrogen-bond donors (Lipinski definition) is 0. The van der Waals surface area contributed by atoms with Crippen molar-refractivity contribution in [2.75, 3.05) is 6.61 Å². The van der Waals surface area contributed by atoms with Crippen LogP contribution in [-0.2, 0) is 9.53 Å². The molecule has 0 aliphatic heterocycles. The second-order valence-electron chi connectivity index (χ2n) is 6.48. The molecule has 4 rings (SSSR count). The number of aromatic nitrogens is 2. The number of esters is 1. The summed E-state index contributed by atoms with van der Waals surface area (Å²) in [5.41, 5.74) is 2.06. The molecule has 0 aliphatic rings. The molecular formula is C22H15N3O4S. The molecule has 0 fully saturated rings. The van der Waals surface area contributed by atoms with E-state index in [1.807, 2.05) is 12.1 Å². The number of fused-ring (bicyclic) bond motifs is 1. The van der Waals surface area contributed by atoms with Crippen LogP contribution >= 0.6 is 11.3 Å². The normalized spacial score (nSPS) is 11.7. The summed E-state index contributed by atoms with van der Waals surface area (Å²) < 4.78 is 10.6. The minimum Gasteiger partial charge on any atom is -0.463 e. The first-order valence-electron chi connectivity index (χ1n) is 9.02. The number of hydrogen-bond acceptors (Lipinski definition) is 8. The first kappa shape index (κ1) is 19.5. The summed E-state index contributed by atoms with van der Waals surface area (Å²) in [4.78, 5) is 34.0. The molecule has 7 nitrogen and oxygen atoms in total. The molecule has 1 aromatic carbocycles. The minimum atomic E-state index is -1.07. The number of nitrogens with zero attached hydrogens (tertiary/aromatic N) is 3. The van der Waals surface area contributed by atoms with E-state index in [0.717, 1.165) is 5.69 Å². The molecule has 0 saturated carbocycles. The fourth-order valence-corrected chi connectivity index (χ4v) is 3.82. The molecule has 1 atom stereocenters. The van der Waals surface area contributed by atoms with Crippen molar-refractivity contribution in [3.8, 4) is 17.5 Å². The lowest BCUT2D eigenvalue weighted by Crippen LogP contribution is -2.20. The van der Waals surface area contributed by atoms with E-state index in [9.17, 15) is 14.9 Å². The number of furan rings is 1. The maximum Gasteiger partial charge on any atom is 0.339 e. The lowest BCUT2D eigenvalue weighted by molar-refractivity contribution is -0.122. The molecule has 4 aromatic rings. The third kappa shape index (κ3) is 3.83. The molecule has 8 heteroatoms. The number of Topliss-reactive ketones (excluding diaryl/α,β-unsaturated/α-hetero) is 1. The summed E-state index contributed by atoms with van der Waals surface area (Å²) in [5, 5.41) is 12.1. The van der Waals surface area contributed by atoms with E-state index in [1.165, 1.54) is 17.6 Å². The van der Waals surface area contributed by atoms with Crippen molar-refractivity contribution in [1.29, 1.82) is 5.26 Å². The highest BCUT2D eigenvalue weighted by atomic mass is 32.1. The van der Waals surface area contributed by atoms with Crippen LogP contribution < -0.4 is 0 Å². The largest absolute Gasteiger partial charge is 0.463 e. The highest BCUT2D eigenvalue weighted by molar-refractivity contribution is 7.09. The first-order chi connectivity index (χ1) is 14.6. The van der Waals surface area contributed by atoms with Gasteiger partial charge in [0.1, 0.15) is 10.7 Å². The van der Waals surface area contributed by atoms with E-state index >= 15 is 0 Å². The van der Waals surface area contributed by atoms with E-state index in [-0.39, 0.29) is 5.56 Å². The Morgan fingerprint density at radius 3 is 2.77 bits per heavy atom. The van der Waals surface area contributed by atoms with Crippen LogP contribution in [0.2, 0.25) is 0 Å². The zero-order chi connectivity index (χ0) is 21.1. The van der Waals surface area contributed by atoms with Crippen molar-refractivity contribution in [3.05, 3.63) is 70.4 Å². The standard InChI is InChI=1S/C22H15N3O4S/c1-13-12-30-21(24-13)16(10-23)19(26)11-29-22(27)15-9-18(20-7-4-8-28-20)25-17-6-3-2-5-14(15)17/h2-9,12,16H,11H2,1H3/t16-/m1/s1. The number of benzene rings is 1. The summed E-state index contributed by atoms with van der Waals surface area (Å²) in [6, 6.07) is 14.1. The van der Waals surface area contributed by atoms with E-state index in [2.05, 4.69) is 9.97 Å². The summed E-state index contributed by atoms with van der Waals surface area (Å²) in [5.74, 6) is -1.76. The van der Waals surface area contributed by atoms with Crippen molar-refractivity contribution in [2.24, 2.45) is 0 Å². The van der Waals surface area contributed by atoms with Gasteiger partial charge in [0, 0.05) is 16.5 Å². The molecular weight excluding hydrogens is 402 g/mol. The van der Waals surface area contributed by atoms with Crippen LogP contribution in [0.3, 0.4) is 0 Å². The predicted octanol–water partition coefficient (Wildman–Crippen LogP) is 4.29. The molecule has 0 unspecified atom stereocenters. The van der Waals surface area contributed by atoms with E-state index < -0.39 is 24.3 Å². The number of aryl methyl sites for hydroxylation is 1. The molecule has 0 aliphatic carbocycles. The number of rotatable bonds is 6. The highest BCUT2D eigenvalue weighted by Crippen LogP contribution is 2.26. The lowest BCUT2D eigenvalue weighted by atomic mass is 10.1. The fourth-order valence-electron chi connectivity index (χ4n) is 2.96. The maximum atomic E-state index is 12.8. The third-order valence-corrected chi connectivity index (χ3v) is 5.42. The Morgan fingerprint density at radius 1 is 1.23 bits per heavy atom. The highest BCUT2D eigenvalue weighted by Gasteiger charge is 2.25. The van der Waals surface area contributed by atoms with Crippen LogP contribution in [0, 0.1) is 18.3 Å². The molecule has 0 saturated heterocycles. The van der Waals surface area contributed by atoms with Crippen LogP contribution in [0.4, 0.5) is 0 Å². The summed E-state index contributed by atoms with van der Waals surface area (Å²) in [6.07, 6.45) is 1.52. The van der Waals surface area contributed by atoms with E-state index in [1.54, 1.807) is 48.7 Å². The van der Waals surface area contributed by atoms with Crippen LogP contribution in [0.15, 0.2) is 58.5 Å². The SMILES string of the molecule is Cc1csc([C@H](C#N)C(=O)COC(=O)c2cc(-c3ccco3)nc3ccccc23)n1. The number of thiazole rings is 1. The smallest absolute Gasteiger partial charge is 0.339 e. The van der Waals surface area contributed by atoms with Crippen molar-refractivity contribution < 1.29 is 18.7 Å². The average molecular weight is 417 g/mol. The zero-order valence-corrected chi connectivity index (χ0v) is 16.7.